The summed E-state index contributed by atoms with van der Waals surface area (Å²) >= 11 is 0. The van der Waals surface area contributed by atoms with Crippen molar-refractivity contribution in [3.8, 4) is 0 Å². The molecule has 49 heavy (non-hydrogen) atoms. The molecule has 0 amide bonds. The highest BCUT2D eigenvalue weighted by Crippen LogP contribution is 2.70. The van der Waals surface area contributed by atoms with Gasteiger partial charge in [-0.1, -0.05) is 46.8 Å². The molecule has 8 saturated carbocycles. The van der Waals surface area contributed by atoms with Crippen LogP contribution in [0.2, 0.25) is 0 Å². The van der Waals surface area contributed by atoms with Crippen molar-refractivity contribution in [2.45, 2.75) is 181 Å². The van der Waals surface area contributed by atoms with E-state index in [2.05, 4.69) is 55.0 Å². The Hall–Kier alpha value is -0.500. The third-order valence-corrected chi connectivity index (χ3v) is 18.7. The van der Waals surface area contributed by atoms with E-state index in [1.807, 2.05) is 0 Å². The van der Waals surface area contributed by atoms with Gasteiger partial charge < -0.3 is 29.9 Å². The minimum Gasteiger partial charge on any atom is -0.393 e. The zero-order chi connectivity index (χ0) is 35.1. The van der Waals surface area contributed by atoms with Crippen LogP contribution in [0.1, 0.15) is 138 Å². The van der Waals surface area contributed by atoms with Crippen LogP contribution in [0.4, 0.5) is 0 Å². The van der Waals surface area contributed by atoms with Crippen molar-refractivity contribution in [3.63, 3.8) is 0 Å². The highest BCUT2D eigenvalue weighted by atomic mass is 16.8. The predicted molar refractivity (Wildman–Crippen MR) is 191 cm³/mol. The topological polar surface area (TPSA) is 99.4 Å². The van der Waals surface area contributed by atoms with Crippen LogP contribution in [0.5, 0.6) is 0 Å². The maximum atomic E-state index is 11.0. The SMILES string of the molecule is C=C1CCC2C3C(CC[C@]12C)[C@@]1(C)CC[C@H](O)CC1[C@H]1OC(C)(C)O[C@H]31.C[C@H]1CCC2C3C(CC[C@@]21C)[C@@]1(C)CC[C@H](O)CC1[C@@H](O)[C@@H]3O. The summed E-state index contributed by atoms with van der Waals surface area (Å²) in [7, 11) is 0. The third kappa shape index (κ3) is 5.05. The van der Waals surface area contributed by atoms with Crippen molar-refractivity contribution in [1.82, 2.24) is 0 Å². The van der Waals surface area contributed by atoms with Crippen molar-refractivity contribution < 1.29 is 29.9 Å². The fourth-order valence-corrected chi connectivity index (χ4v) is 15.6. The molecule has 1 aliphatic heterocycles. The normalized spacial score (nSPS) is 60.0. The van der Waals surface area contributed by atoms with Crippen LogP contribution in [0.25, 0.3) is 0 Å². The summed E-state index contributed by atoms with van der Waals surface area (Å²) in [6.07, 6.45) is 14.1. The van der Waals surface area contributed by atoms with Crippen molar-refractivity contribution >= 4 is 0 Å². The number of aliphatic hydroxyl groups excluding tert-OH is 4. The minimum atomic E-state index is -0.658. The first-order valence-corrected chi connectivity index (χ1v) is 20.7. The molecule has 0 spiro atoms. The lowest BCUT2D eigenvalue weighted by atomic mass is 9.43. The lowest BCUT2D eigenvalue weighted by molar-refractivity contribution is -0.222. The fraction of sp³-hybridized carbons (Fsp3) is 0.953. The quantitative estimate of drug-likeness (QED) is 0.196. The van der Waals surface area contributed by atoms with Crippen molar-refractivity contribution in [2.24, 2.45) is 74.9 Å². The number of allylic oxidation sites excluding steroid dienone is 1. The second-order valence-electron chi connectivity index (χ2n) is 20.8. The van der Waals surface area contributed by atoms with Gasteiger partial charge in [0.25, 0.3) is 0 Å². The highest BCUT2D eigenvalue weighted by molar-refractivity contribution is 5.24. The second-order valence-corrected chi connectivity index (χ2v) is 20.8. The molecule has 0 aromatic heterocycles. The molecule has 4 N–H and O–H groups in total. The molecule has 0 bridgehead atoms. The first-order valence-electron chi connectivity index (χ1n) is 20.7. The van der Waals surface area contributed by atoms with Crippen LogP contribution in [-0.2, 0) is 9.47 Å². The molecule has 19 atom stereocenters. The molecule has 6 heteroatoms. The Morgan fingerprint density at radius 3 is 1.80 bits per heavy atom. The summed E-state index contributed by atoms with van der Waals surface area (Å²) in [5.74, 6) is 4.01. The summed E-state index contributed by atoms with van der Waals surface area (Å²) in [5.41, 5.74) is 2.48. The Labute approximate surface area is 297 Å². The molecule has 0 aromatic rings. The maximum Gasteiger partial charge on any atom is 0.163 e. The van der Waals surface area contributed by atoms with Gasteiger partial charge in [-0.2, -0.15) is 0 Å². The Kier molecular flexibility index (Phi) is 8.52. The molecule has 0 radical (unpaired) electrons. The van der Waals surface area contributed by atoms with E-state index < -0.39 is 18.0 Å². The van der Waals surface area contributed by atoms with Gasteiger partial charge in [-0.25, -0.2) is 0 Å². The molecule has 278 valence electrons. The number of hydrogen-bond acceptors (Lipinski definition) is 6. The molecule has 1 heterocycles. The average molecular weight is 683 g/mol. The fourth-order valence-electron chi connectivity index (χ4n) is 15.6. The third-order valence-electron chi connectivity index (χ3n) is 18.7. The lowest BCUT2D eigenvalue weighted by Gasteiger charge is -2.63. The van der Waals surface area contributed by atoms with Gasteiger partial charge in [0.1, 0.15) is 0 Å². The van der Waals surface area contributed by atoms with Gasteiger partial charge >= 0.3 is 0 Å². The Bertz CT molecular complexity index is 1300. The van der Waals surface area contributed by atoms with E-state index in [-0.39, 0.29) is 47.1 Å². The lowest BCUT2D eigenvalue weighted by Crippen LogP contribution is -2.64. The van der Waals surface area contributed by atoms with Crippen LogP contribution in [0.15, 0.2) is 12.2 Å². The molecule has 1 saturated heterocycles. The molecule has 9 rings (SSSR count). The highest BCUT2D eigenvalue weighted by Gasteiger charge is 2.68. The zero-order valence-electron chi connectivity index (χ0n) is 31.9. The second kappa shape index (κ2) is 11.7. The average Bonchev–Trinajstić information content (AvgIpc) is 3.66. The van der Waals surface area contributed by atoms with Crippen molar-refractivity contribution in [2.75, 3.05) is 0 Å². The van der Waals surface area contributed by atoms with E-state index in [1.165, 1.54) is 56.9 Å². The van der Waals surface area contributed by atoms with Crippen molar-refractivity contribution in [3.05, 3.63) is 12.2 Å². The minimum absolute atomic E-state index is 0.0608. The first-order chi connectivity index (χ1) is 22.9. The van der Waals surface area contributed by atoms with Crippen LogP contribution in [0.3, 0.4) is 0 Å². The van der Waals surface area contributed by atoms with Crippen LogP contribution < -0.4 is 0 Å². The first kappa shape index (κ1) is 35.5. The summed E-state index contributed by atoms with van der Waals surface area (Å²) in [6, 6.07) is 0. The summed E-state index contributed by atoms with van der Waals surface area (Å²) < 4.78 is 13.1. The van der Waals surface area contributed by atoms with E-state index in [9.17, 15) is 20.4 Å². The number of ether oxygens (including phenoxy) is 2. The van der Waals surface area contributed by atoms with Gasteiger partial charge in [0.05, 0.1) is 36.6 Å². The van der Waals surface area contributed by atoms with Gasteiger partial charge in [-0.05, 0) is 179 Å². The standard InChI is InChI=1S/C23H36O3.C20H34O3/c1-13-6-7-15-18-16(9-11-22(13,15)4)23(5)10-8-14(24)12-17(23)19-20(18)26-21(2,3)25-19;1-11-4-5-13-16-14(7-9-19(11,13)2)20(3)8-6-12(21)10-15(20)17(22)18(16)23/h14-20,24H,1,6-12H2,2-5H3;11-18,21-23H,4-10H2,1-3H3/t14-,15?,16?,17?,18?,19+,20+,22+,23+;11-,12-,13?,14?,15?,16?,17+,18+,19+,20+/m00/s1. The predicted octanol–water partition coefficient (Wildman–Crippen LogP) is 7.65. The van der Waals surface area contributed by atoms with Crippen LogP contribution in [-0.4, -0.2) is 62.8 Å². The molecule has 9 aliphatic rings. The Morgan fingerprint density at radius 1 is 0.551 bits per heavy atom. The van der Waals surface area contributed by atoms with Crippen LogP contribution in [0, 0.1) is 74.9 Å². The molecule has 8 unspecified atom stereocenters. The molecular formula is C43H70O6. The monoisotopic (exact) mass is 683 g/mol. The summed E-state index contributed by atoms with van der Waals surface area (Å²) in [4.78, 5) is 0. The van der Waals surface area contributed by atoms with E-state index >= 15 is 0 Å². The maximum absolute atomic E-state index is 11.0. The number of rotatable bonds is 0. The number of aliphatic hydroxyl groups is 4. The van der Waals surface area contributed by atoms with E-state index in [4.69, 9.17) is 9.47 Å². The van der Waals surface area contributed by atoms with Gasteiger partial charge in [0, 0.05) is 0 Å². The molecule has 6 nitrogen and oxygen atoms in total. The molecular weight excluding hydrogens is 612 g/mol. The smallest absolute Gasteiger partial charge is 0.163 e. The molecule has 0 aromatic carbocycles. The van der Waals surface area contributed by atoms with Gasteiger partial charge in [-0.3, -0.25) is 0 Å². The Balaban J connectivity index is 0.000000143. The van der Waals surface area contributed by atoms with Crippen molar-refractivity contribution in [1.29, 1.82) is 0 Å². The number of hydrogen-bond donors (Lipinski definition) is 4. The largest absolute Gasteiger partial charge is 0.393 e. The Morgan fingerprint density at radius 2 is 1.10 bits per heavy atom. The van der Waals surface area contributed by atoms with Gasteiger partial charge in [0.15, 0.2) is 5.79 Å². The zero-order valence-corrected chi connectivity index (χ0v) is 31.9. The van der Waals surface area contributed by atoms with E-state index in [1.54, 1.807) is 0 Å². The molecule has 9 fully saturated rings. The van der Waals surface area contributed by atoms with E-state index in [0.717, 1.165) is 38.0 Å². The molecule has 8 aliphatic carbocycles. The van der Waals surface area contributed by atoms with Gasteiger partial charge in [-0.15, -0.1) is 0 Å². The van der Waals surface area contributed by atoms with Gasteiger partial charge in [0.2, 0.25) is 0 Å². The number of fused-ring (bicyclic) bond motifs is 13. The van der Waals surface area contributed by atoms with Crippen LogP contribution >= 0.6 is 0 Å². The summed E-state index contributed by atoms with van der Waals surface area (Å²) in [5, 5.41) is 42.5. The summed E-state index contributed by atoms with van der Waals surface area (Å²) in [6.45, 7) is 20.8. The van der Waals surface area contributed by atoms with E-state index in [0.29, 0.717) is 52.8 Å².